The second kappa shape index (κ2) is 11.9. The van der Waals surface area contributed by atoms with Crippen LogP contribution >= 0.6 is 22.6 Å². The van der Waals surface area contributed by atoms with E-state index in [-0.39, 0.29) is 5.78 Å². The molecular formula is C19H29IO2. The molecule has 0 spiro atoms. The summed E-state index contributed by atoms with van der Waals surface area (Å²) in [4.78, 5) is 12.2. The molecule has 0 amide bonds. The van der Waals surface area contributed by atoms with Gasteiger partial charge in [-0.05, 0) is 30.7 Å². The Labute approximate surface area is 149 Å². The van der Waals surface area contributed by atoms with Crippen molar-refractivity contribution in [3.63, 3.8) is 0 Å². The van der Waals surface area contributed by atoms with Crippen molar-refractivity contribution in [2.45, 2.75) is 68.6 Å². The van der Waals surface area contributed by atoms with Crippen LogP contribution in [-0.4, -0.2) is 16.8 Å². The van der Waals surface area contributed by atoms with Crippen LogP contribution < -0.4 is 4.74 Å². The standard InChI is InChI=1S/C19H29IO2/c1-3-4-5-6-7-8-9-10-17(20)15-19(21)16-11-13-18(22-2)14-12-16/h11-14,17H,3-10,15H2,1-2H3. The van der Waals surface area contributed by atoms with Crippen molar-refractivity contribution in [1.82, 2.24) is 0 Å². The van der Waals surface area contributed by atoms with Gasteiger partial charge in [0.15, 0.2) is 5.78 Å². The maximum absolute atomic E-state index is 12.2. The maximum atomic E-state index is 12.2. The van der Waals surface area contributed by atoms with Gasteiger partial charge in [-0.1, -0.05) is 74.5 Å². The molecule has 22 heavy (non-hydrogen) atoms. The molecule has 0 aliphatic carbocycles. The van der Waals surface area contributed by atoms with Crippen molar-refractivity contribution in [2.75, 3.05) is 7.11 Å². The van der Waals surface area contributed by atoms with Gasteiger partial charge >= 0.3 is 0 Å². The topological polar surface area (TPSA) is 26.3 Å². The van der Waals surface area contributed by atoms with Crippen LogP contribution in [0.3, 0.4) is 0 Å². The summed E-state index contributed by atoms with van der Waals surface area (Å²) in [5, 5.41) is 0. The molecule has 0 fully saturated rings. The quantitative estimate of drug-likeness (QED) is 0.175. The van der Waals surface area contributed by atoms with Gasteiger partial charge in [-0.2, -0.15) is 0 Å². The van der Waals surface area contributed by atoms with E-state index in [4.69, 9.17) is 4.74 Å². The molecule has 1 rings (SSSR count). The highest BCUT2D eigenvalue weighted by Gasteiger charge is 2.12. The summed E-state index contributed by atoms with van der Waals surface area (Å²) in [5.74, 6) is 1.04. The number of methoxy groups -OCH3 is 1. The second-order valence-corrected chi connectivity index (χ2v) is 7.62. The Morgan fingerprint density at radius 1 is 1.05 bits per heavy atom. The minimum absolute atomic E-state index is 0.241. The Bertz CT molecular complexity index is 414. The number of alkyl halides is 1. The summed E-state index contributed by atoms with van der Waals surface area (Å²) in [6.07, 6.45) is 11.1. The first-order chi connectivity index (χ1) is 10.7. The number of Topliss-reactive ketones (excluding diaryl/α,β-unsaturated/α-hetero) is 1. The first-order valence-corrected chi connectivity index (χ1v) is 9.73. The smallest absolute Gasteiger partial charge is 0.163 e. The molecule has 1 unspecified atom stereocenters. The molecule has 0 saturated carbocycles. The number of rotatable bonds is 12. The number of ketones is 1. The number of unbranched alkanes of at least 4 members (excludes halogenated alkanes) is 6. The SMILES string of the molecule is CCCCCCCCCC(I)CC(=O)c1ccc(OC)cc1. The lowest BCUT2D eigenvalue weighted by molar-refractivity contribution is 0.0982. The van der Waals surface area contributed by atoms with E-state index in [1.54, 1.807) is 7.11 Å². The van der Waals surface area contributed by atoms with Crippen LogP contribution in [0.5, 0.6) is 5.75 Å². The Balaban J connectivity index is 2.18. The van der Waals surface area contributed by atoms with Gasteiger partial charge in [0.05, 0.1) is 7.11 Å². The number of hydrogen-bond acceptors (Lipinski definition) is 2. The van der Waals surface area contributed by atoms with Crippen molar-refractivity contribution in [3.8, 4) is 5.75 Å². The van der Waals surface area contributed by atoms with Gasteiger partial charge in [0.1, 0.15) is 5.75 Å². The minimum atomic E-state index is 0.241. The van der Waals surface area contributed by atoms with E-state index in [0.717, 1.165) is 17.7 Å². The van der Waals surface area contributed by atoms with Gasteiger partial charge in [-0.25, -0.2) is 0 Å². The molecule has 3 heteroatoms. The van der Waals surface area contributed by atoms with Crippen LogP contribution in [0.25, 0.3) is 0 Å². The van der Waals surface area contributed by atoms with Crippen molar-refractivity contribution in [3.05, 3.63) is 29.8 Å². The maximum Gasteiger partial charge on any atom is 0.163 e. The average Bonchev–Trinajstić information content (AvgIpc) is 2.54. The normalized spacial score (nSPS) is 12.1. The highest BCUT2D eigenvalue weighted by atomic mass is 127. The molecule has 0 heterocycles. The van der Waals surface area contributed by atoms with Gasteiger partial charge in [0.25, 0.3) is 0 Å². The summed E-state index contributed by atoms with van der Waals surface area (Å²) in [5.41, 5.74) is 0.794. The monoisotopic (exact) mass is 416 g/mol. The predicted octanol–water partition coefficient (Wildman–Crippen LogP) is 6.21. The lowest BCUT2D eigenvalue weighted by atomic mass is 10.0. The summed E-state index contributed by atoms with van der Waals surface area (Å²) in [6.45, 7) is 2.25. The van der Waals surface area contributed by atoms with Gasteiger partial charge in [0.2, 0.25) is 0 Å². The molecule has 1 atom stereocenters. The lowest BCUT2D eigenvalue weighted by Gasteiger charge is -2.09. The van der Waals surface area contributed by atoms with Gasteiger partial charge < -0.3 is 4.74 Å². The fourth-order valence-corrected chi connectivity index (χ4v) is 3.36. The summed E-state index contributed by atoms with van der Waals surface area (Å²) in [6, 6.07) is 7.42. The number of ether oxygens (including phenoxy) is 1. The molecule has 0 radical (unpaired) electrons. The van der Waals surface area contributed by atoms with E-state index in [0.29, 0.717) is 10.3 Å². The van der Waals surface area contributed by atoms with Gasteiger partial charge in [0, 0.05) is 15.9 Å². The zero-order chi connectivity index (χ0) is 16.2. The van der Waals surface area contributed by atoms with Crippen LogP contribution in [0.2, 0.25) is 0 Å². The van der Waals surface area contributed by atoms with Crippen molar-refractivity contribution < 1.29 is 9.53 Å². The van der Waals surface area contributed by atoms with E-state index >= 15 is 0 Å². The Morgan fingerprint density at radius 2 is 1.64 bits per heavy atom. The Hall–Kier alpha value is -0.580. The predicted molar refractivity (Wildman–Crippen MR) is 102 cm³/mol. The van der Waals surface area contributed by atoms with Crippen molar-refractivity contribution in [2.24, 2.45) is 0 Å². The molecule has 0 N–H and O–H groups in total. The first kappa shape index (κ1) is 19.5. The summed E-state index contributed by atoms with van der Waals surface area (Å²) >= 11 is 2.43. The number of carbonyl (C=O) groups is 1. The van der Waals surface area contributed by atoms with Crippen LogP contribution in [-0.2, 0) is 0 Å². The molecule has 124 valence electrons. The molecule has 2 nitrogen and oxygen atoms in total. The number of carbonyl (C=O) groups excluding carboxylic acids is 1. The molecule has 0 saturated heterocycles. The third-order valence-electron chi connectivity index (χ3n) is 3.94. The number of hydrogen-bond donors (Lipinski definition) is 0. The van der Waals surface area contributed by atoms with E-state index in [1.165, 1.54) is 44.9 Å². The van der Waals surface area contributed by atoms with Crippen LogP contribution in [0, 0.1) is 0 Å². The zero-order valence-electron chi connectivity index (χ0n) is 13.9. The van der Waals surface area contributed by atoms with Crippen LogP contribution in [0.15, 0.2) is 24.3 Å². The molecule has 0 aliphatic rings. The molecular weight excluding hydrogens is 387 g/mol. The summed E-state index contributed by atoms with van der Waals surface area (Å²) in [7, 11) is 1.64. The van der Waals surface area contributed by atoms with E-state index in [1.807, 2.05) is 24.3 Å². The van der Waals surface area contributed by atoms with E-state index < -0.39 is 0 Å². The highest BCUT2D eigenvalue weighted by Crippen LogP contribution is 2.20. The number of benzene rings is 1. The van der Waals surface area contributed by atoms with Gasteiger partial charge in [-0.3, -0.25) is 4.79 Å². The average molecular weight is 416 g/mol. The van der Waals surface area contributed by atoms with E-state index in [9.17, 15) is 4.79 Å². The Kier molecular flexibility index (Phi) is 10.5. The summed E-state index contributed by atoms with van der Waals surface area (Å²) < 4.78 is 5.56. The molecule has 0 aliphatic heterocycles. The molecule has 1 aromatic carbocycles. The largest absolute Gasteiger partial charge is 0.497 e. The van der Waals surface area contributed by atoms with Gasteiger partial charge in [-0.15, -0.1) is 0 Å². The lowest BCUT2D eigenvalue weighted by Crippen LogP contribution is -2.08. The van der Waals surface area contributed by atoms with Crippen LogP contribution in [0.4, 0.5) is 0 Å². The third-order valence-corrected chi connectivity index (χ3v) is 5.00. The fraction of sp³-hybridized carbons (Fsp3) is 0.632. The van der Waals surface area contributed by atoms with Crippen LogP contribution in [0.1, 0.15) is 75.1 Å². The Morgan fingerprint density at radius 3 is 2.23 bits per heavy atom. The molecule has 0 aromatic heterocycles. The van der Waals surface area contributed by atoms with Crippen molar-refractivity contribution in [1.29, 1.82) is 0 Å². The second-order valence-electron chi connectivity index (χ2n) is 5.86. The number of halogens is 1. The fourth-order valence-electron chi connectivity index (χ4n) is 2.52. The minimum Gasteiger partial charge on any atom is -0.497 e. The first-order valence-electron chi connectivity index (χ1n) is 8.48. The highest BCUT2D eigenvalue weighted by molar-refractivity contribution is 14.1. The van der Waals surface area contributed by atoms with Crippen molar-refractivity contribution >= 4 is 28.4 Å². The zero-order valence-corrected chi connectivity index (χ0v) is 16.1. The molecule has 1 aromatic rings. The molecule has 0 bridgehead atoms. The third kappa shape index (κ3) is 8.16. The van der Waals surface area contributed by atoms with E-state index in [2.05, 4.69) is 29.5 Å².